The van der Waals surface area contributed by atoms with Gasteiger partial charge in [0.2, 0.25) is 0 Å². The lowest BCUT2D eigenvalue weighted by molar-refractivity contribution is 0.776. The largest absolute Gasteiger partial charge is 0.329 e. The van der Waals surface area contributed by atoms with Gasteiger partial charge in [0.1, 0.15) is 4.83 Å². The highest BCUT2D eigenvalue weighted by Crippen LogP contribution is 2.17. The summed E-state index contributed by atoms with van der Waals surface area (Å²) in [6, 6.07) is 0. The summed E-state index contributed by atoms with van der Waals surface area (Å²) in [6.07, 6.45) is 2.85. The van der Waals surface area contributed by atoms with E-state index < -0.39 is 0 Å². The average Bonchev–Trinajstić information content (AvgIpc) is 2.66. The first-order valence-corrected chi connectivity index (χ1v) is 6.00. The number of nitrogens with one attached hydrogen (secondary N) is 1. The number of aromatic amines is 1. The second-order valence-electron chi connectivity index (χ2n) is 3.73. The number of aryl methyl sites for hydroxylation is 1. The second-order valence-corrected chi connectivity index (χ2v) is 4.50. The number of hydrogen-bond donors (Lipinski definition) is 1. The van der Waals surface area contributed by atoms with E-state index in [-0.39, 0.29) is 11.2 Å². The van der Waals surface area contributed by atoms with Crippen molar-refractivity contribution in [2.45, 2.75) is 26.2 Å². The molecule has 86 valence electrons. The molecule has 0 bridgehead atoms. The molecule has 16 heavy (non-hydrogen) atoms. The Balaban J connectivity index is 2.67. The van der Waals surface area contributed by atoms with Gasteiger partial charge in [0.05, 0.1) is 11.1 Å². The fourth-order valence-corrected chi connectivity index (χ4v) is 2.40. The topological polar surface area (TPSA) is 67.8 Å². The fraction of sp³-hybridized carbons (Fsp3) is 0.500. The van der Waals surface area contributed by atoms with Crippen LogP contribution in [0.25, 0.3) is 10.2 Å². The predicted octanol–water partition coefficient (Wildman–Crippen LogP) is 1.03. The predicted molar refractivity (Wildman–Crippen MR) is 64.1 cm³/mol. The molecule has 2 aromatic rings. The van der Waals surface area contributed by atoms with Crippen molar-refractivity contribution in [1.29, 1.82) is 0 Å². The minimum atomic E-state index is -0.386. The molecular weight excluding hydrogens is 226 g/mol. The van der Waals surface area contributed by atoms with Crippen LogP contribution in [0, 0.1) is 0 Å². The smallest absolute Gasteiger partial charge is 0.297 e. The van der Waals surface area contributed by atoms with E-state index in [0.717, 1.165) is 29.5 Å². The van der Waals surface area contributed by atoms with Crippen molar-refractivity contribution in [2.24, 2.45) is 7.05 Å². The monoisotopic (exact) mass is 239 g/mol. The molecule has 0 aliphatic heterocycles. The van der Waals surface area contributed by atoms with Crippen LogP contribution in [0.3, 0.4) is 0 Å². The molecule has 0 saturated heterocycles. The number of rotatable bonds is 3. The van der Waals surface area contributed by atoms with Crippen LogP contribution in [-0.2, 0) is 13.5 Å². The molecule has 2 rings (SSSR count). The van der Waals surface area contributed by atoms with E-state index in [9.17, 15) is 9.59 Å². The first kappa shape index (κ1) is 11.1. The maximum Gasteiger partial charge on any atom is 0.329 e. The van der Waals surface area contributed by atoms with Gasteiger partial charge in [-0.3, -0.25) is 14.3 Å². The molecule has 0 saturated carbocycles. The Morgan fingerprint density at radius 2 is 2.19 bits per heavy atom. The lowest BCUT2D eigenvalue weighted by atomic mass is 10.1. The third-order valence-electron chi connectivity index (χ3n) is 2.57. The molecule has 0 aliphatic carbocycles. The molecule has 2 aromatic heterocycles. The van der Waals surface area contributed by atoms with E-state index in [0.29, 0.717) is 10.2 Å². The number of aromatic nitrogens is 3. The van der Waals surface area contributed by atoms with Crippen LogP contribution >= 0.6 is 11.5 Å². The van der Waals surface area contributed by atoms with Crippen LogP contribution in [0.15, 0.2) is 9.59 Å². The van der Waals surface area contributed by atoms with Crippen molar-refractivity contribution < 1.29 is 0 Å². The first-order chi connectivity index (χ1) is 7.65. The summed E-state index contributed by atoms with van der Waals surface area (Å²) in [6.45, 7) is 2.09. The van der Waals surface area contributed by atoms with Gasteiger partial charge in [-0.05, 0) is 24.4 Å². The van der Waals surface area contributed by atoms with Crippen molar-refractivity contribution in [2.75, 3.05) is 0 Å². The zero-order valence-electron chi connectivity index (χ0n) is 9.24. The third-order valence-corrected chi connectivity index (χ3v) is 3.37. The molecule has 0 aromatic carbocycles. The third kappa shape index (κ3) is 1.69. The summed E-state index contributed by atoms with van der Waals surface area (Å²) in [5.41, 5.74) is 0.167. The Morgan fingerprint density at radius 1 is 1.44 bits per heavy atom. The zero-order valence-corrected chi connectivity index (χ0v) is 10.1. The summed E-state index contributed by atoms with van der Waals surface area (Å²) in [5, 5.41) is 0.570. The lowest BCUT2D eigenvalue weighted by Gasteiger charge is -1.97. The molecule has 0 amide bonds. The molecule has 2 heterocycles. The number of nitrogens with zero attached hydrogens (tertiary/aromatic N) is 2. The molecule has 1 N–H and O–H groups in total. The summed E-state index contributed by atoms with van der Waals surface area (Å²) in [5.74, 6) is 0. The molecule has 0 spiro atoms. The molecule has 0 aliphatic rings. The summed E-state index contributed by atoms with van der Waals surface area (Å²) >= 11 is 1.18. The summed E-state index contributed by atoms with van der Waals surface area (Å²) in [7, 11) is 1.47. The average molecular weight is 239 g/mol. The maximum absolute atomic E-state index is 11.9. The van der Waals surface area contributed by atoms with Crippen LogP contribution in [-0.4, -0.2) is 13.9 Å². The molecule has 6 heteroatoms. The molecule has 0 radical (unpaired) electrons. The molecule has 0 atom stereocenters. The number of fused-ring (bicyclic) bond motifs is 1. The minimum Gasteiger partial charge on any atom is -0.297 e. The van der Waals surface area contributed by atoms with Crippen molar-refractivity contribution in [1.82, 2.24) is 13.9 Å². The van der Waals surface area contributed by atoms with Gasteiger partial charge in [0.25, 0.3) is 5.56 Å². The van der Waals surface area contributed by atoms with Crippen LogP contribution < -0.4 is 11.2 Å². The molecule has 0 unspecified atom stereocenters. The van der Waals surface area contributed by atoms with Gasteiger partial charge in [-0.2, -0.15) is 4.37 Å². The van der Waals surface area contributed by atoms with E-state index in [2.05, 4.69) is 16.3 Å². The van der Waals surface area contributed by atoms with Crippen LogP contribution in [0.1, 0.15) is 25.5 Å². The standard InChI is InChI=1S/C10H13N3O2S/c1-3-4-5-6-7-8(16-12-6)11-10(15)13(2)9(7)14/h3-5H2,1-2H3,(H,11,15). The Labute approximate surface area is 95.9 Å². The van der Waals surface area contributed by atoms with Crippen molar-refractivity contribution in [3.05, 3.63) is 26.5 Å². The molecular formula is C10H13N3O2S. The van der Waals surface area contributed by atoms with Gasteiger partial charge < -0.3 is 0 Å². The Kier molecular flexibility index (Phi) is 2.91. The maximum atomic E-state index is 11.9. The second kappa shape index (κ2) is 4.21. The van der Waals surface area contributed by atoms with Crippen LogP contribution in [0.4, 0.5) is 0 Å². The lowest BCUT2D eigenvalue weighted by Crippen LogP contribution is -2.32. The van der Waals surface area contributed by atoms with E-state index in [1.54, 1.807) is 0 Å². The molecule has 0 fully saturated rings. The van der Waals surface area contributed by atoms with Crippen molar-refractivity contribution in [3.63, 3.8) is 0 Å². The van der Waals surface area contributed by atoms with Gasteiger partial charge in [-0.1, -0.05) is 13.3 Å². The normalized spacial score (nSPS) is 11.1. The van der Waals surface area contributed by atoms with Crippen molar-refractivity contribution >= 4 is 21.7 Å². The molecule has 5 nitrogen and oxygen atoms in total. The van der Waals surface area contributed by atoms with Gasteiger partial charge in [-0.15, -0.1) is 0 Å². The quantitative estimate of drug-likeness (QED) is 0.869. The Hall–Kier alpha value is -1.43. The summed E-state index contributed by atoms with van der Waals surface area (Å²) in [4.78, 5) is 26.5. The van der Waals surface area contributed by atoms with E-state index >= 15 is 0 Å². The van der Waals surface area contributed by atoms with Crippen LogP contribution in [0.2, 0.25) is 0 Å². The fourth-order valence-electron chi connectivity index (χ4n) is 1.58. The van der Waals surface area contributed by atoms with Gasteiger partial charge in [0.15, 0.2) is 0 Å². The van der Waals surface area contributed by atoms with Gasteiger partial charge in [-0.25, -0.2) is 4.79 Å². The Morgan fingerprint density at radius 3 is 2.88 bits per heavy atom. The van der Waals surface area contributed by atoms with E-state index in [1.807, 2.05) is 0 Å². The highest BCUT2D eigenvalue weighted by atomic mass is 32.1. The SMILES string of the molecule is CCCCc1nsc2[nH]c(=O)n(C)c(=O)c12. The highest BCUT2D eigenvalue weighted by molar-refractivity contribution is 7.12. The first-order valence-electron chi connectivity index (χ1n) is 5.22. The number of unbranched alkanes of at least 4 members (excludes halogenated alkanes) is 1. The van der Waals surface area contributed by atoms with Crippen LogP contribution in [0.5, 0.6) is 0 Å². The van der Waals surface area contributed by atoms with Gasteiger partial charge >= 0.3 is 5.69 Å². The van der Waals surface area contributed by atoms with Gasteiger partial charge in [0, 0.05) is 7.05 Å². The van der Waals surface area contributed by atoms with E-state index in [1.165, 1.54) is 18.6 Å². The summed E-state index contributed by atoms with van der Waals surface area (Å²) < 4.78 is 5.32. The van der Waals surface area contributed by atoms with E-state index in [4.69, 9.17) is 0 Å². The van der Waals surface area contributed by atoms with Crippen molar-refractivity contribution in [3.8, 4) is 0 Å². The number of hydrogen-bond acceptors (Lipinski definition) is 4. The number of H-pyrrole nitrogens is 1. The minimum absolute atomic E-state index is 0.251. The highest BCUT2D eigenvalue weighted by Gasteiger charge is 2.12. The zero-order chi connectivity index (χ0) is 11.7. The Bertz CT molecular complexity index is 623.